The second-order valence-electron chi connectivity index (χ2n) is 4.00. The van der Waals surface area contributed by atoms with Gasteiger partial charge < -0.3 is 16.0 Å². The molecule has 0 fully saturated rings. The van der Waals surface area contributed by atoms with Crippen LogP contribution in [0.1, 0.15) is 26.7 Å². The van der Waals surface area contributed by atoms with Gasteiger partial charge in [-0.15, -0.1) is 0 Å². The zero-order chi connectivity index (χ0) is 13.4. The molecule has 1 aromatic carbocycles. The summed E-state index contributed by atoms with van der Waals surface area (Å²) < 4.78 is 0. The fraction of sp³-hybridized carbons (Fsp3) is 0.385. The topological polar surface area (TPSA) is 70.2 Å². The van der Waals surface area contributed by atoms with Crippen LogP contribution in [0.3, 0.4) is 0 Å². The first-order valence-corrected chi connectivity index (χ1v) is 6.04. The van der Waals surface area contributed by atoms with E-state index in [9.17, 15) is 9.59 Å². The Morgan fingerprint density at radius 3 is 2.44 bits per heavy atom. The number of carbonyl (C=O) groups excluding carboxylic acids is 2. The lowest BCUT2D eigenvalue weighted by molar-refractivity contribution is -0.114. The molecule has 5 nitrogen and oxygen atoms in total. The van der Waals surface area contributed by atoms with Gasteiger partial charge in [0.1, 0.15) is 0 Å². The second-order valence-corrected chi connectivity index (χ2v) is 4.00. The lowest BCUT2D eigenvalue weighted by Crippen LogP contribution is -2.29. The molecule has 0 heterocycles. The molecular formula is C13H19N3O2. The highest BCUT2D eigenvalue weighted by molar-refractivity contribution is 5.92. The van der Waals surface area contributed by atoms with E-state index in [4.69, 9.17) is 0 Å². The summed E-state index contributed by atoms with van der Waals surface area (Å²) in [5.41, 5.74) is 1.31. The van der Waals surface area contributed by atoms with Crippen LogP contribution in [0.2, 0.25) is 0 Å². The maximum absolute atomic E-state index is 11.5. The lowest BCUT2D eigenvalue weighted by atomic mass is 10.2. The number of unbranched alkanes of at least 4 members (excludes halogenated alkanes) is 1. The van der Waals surface area contributed by atoms with Gasteiger partial charge in [0, 0.05) is 24.8 Å². The molecule has 0 aliphatic rings. The van der Waals surface area contributed by atoms with Crippen LogP contribution in [0.25, 0.3) is 0 Å². The van der Waals surface area contributed by atoms with E-state index in [1.54, 1.807) is 24.3 Å². The highest BCUT2D eigenvalue weighted by Gasteiger charge is 2.02. The molecule has 0 spiro atoms. The van der Waals surface area contributed by atoms with E-state index in [2.05, 4.69) is 22.9 Å². The van der Waals surface area contributed by atoms with Gasteiger partial charge in [0.25, 0.3) is 0 Å². The lowest BCUT2D eigenvalue weighted by Gasteiger charge is -2.08. The summed E-state index contributed by atoms with van der Waals surface area (Å²) in [4.78, 5) is 22.4. The molecule has 0 bridgehead atoms. The van der Waals surface area contributed by atoms with Crippen molar-refractivity contribution in [3.63, 3.8) is 0 Å². The summed E-state index contributed by atoms with van der Waals surface area (Å²) in [7, 11) is 0. The smallest absolute Gasteiger partial charge is 0.319 e. The molecule has 0 saturated heterocycles. The number of hydrogen-bond acceptors (Lipinski definition) is 2. The predicted octanol–water partition coefficient (Wildman–Crippen LogP) is 2.57. The summed E-state index contributed by atoms with van der Waals surface area (Å²) in [5.74, 6) is -0.139. The quantitative estimate of drug-likeness (QED) is 0.702. The molecule has 1 aromatic rings. The van der Waals surface area contributed by atoms with E-state index in [-0.39, 0.29) is 11.9 Å². The van der Waals surface area contributed by atoms with Gasteiger partial charge in [0.2, 0.25) is 5.91 Å². The Morgan fingerprint density at radius 2 is 1.83 bits per heavy atom. The molecule has 0 aliphatic carbocycles. The van der Waals surface area contributed by atoms with Crippen molar-refractivity contribution < 1.29 is 9.59 Å². The van der Waals surface area contributed by atoms with Gasteiger partial charge in [-0.05, 0) is 24.6 Å². The minimum atomic E-state index is -0.233. The first-order chi connectivity index (χ1) is 8.61. The zero-order valence-electron chi connectivity index (χ0n) is 10.7. The maximum Gasteiger partial charge on any atom is 0.319 e. The number of hydrogen-bond donors (Lipinski definition) is 3. The Kier molecular flexibility index (Phi) is 5.70. The number of rotatable bonds is 5. The van der Waals surface area contributed by atoms with Gasteiger partial charge in [0.05, 0.1) is 0 Å². The SMILES string of the molecule is CCCCNC(=O)Nc1cccc(NC(C)=O)c1. The van der Waals surface area contributed by atoms with Gasteiger partial charge >= 0.3 is 6.03 Å². The Balaban J connectivity index is 2.51. The molecule has 0 aliphatic heterocycles. The summed E-state index contributed by atoms with van der Waals surface area (Å²) in [6, 6.07) is 6.78. The van der Waals surface area contributed by atoms with Crippen molar-refractivity contribution in [1.82, 2.24) is 5.32 Å². The van der Waals surface area contributed by atoms with Crippen molar-refractivity contribution in [1.29, 1.82) is 0 Å². The molecule has 18 heavy (non-hydrogen) atoms. The van der Waals surface area contributed by atoms with Crippen molar-refractivity contribution in [2.75, 3.05) is 17.2 Å². The standard InChI is InChI=1S/C13H19N3O2/c1-3-4-8-14-13(18)16-12-7-5-6-11(9-12)15-10(2)17/h5-7,9H,3-4,8H2,1-2H3,(H,15,17)(H2,14,16,18). The Bertz CT molecular complexity index is 418. The number of benzene rings is 1. The van der Waals surface area contributed by atoms with Crippen LogP contribution in [0, 0.1) is 0 Å². The third-order valence-electron chi connectivity index (χ3n) is 2.26. The molecule has 0 aromatic heterocycles. The zero-order valence-corrected chi connectivity index (χ0v) is 10.7. The van der Waals surface area contributed by atoms with E-state index in [1.807, 2.05) is 0 Å². The predicted molar refractivity (Wildman–Crippen MR) is 72.7 cm³/mol. The number of nitrogens with one attached hydrogen (secondary N) is 3. The summed E-state index contributed by atoms with van der Waals surface area (Å²) in [5, 5.41) is 8.13. The fourth-order valence-electron chi connectivity index (χ4n) is 1.43. The molecule has 0 atom stereocenters. The molecule has 3 amide bonds. The minimum absolute atomic E-state index is 0.139. The number of amides is 3. The van der Waals surface area contributed by atoms with Crippen LogP contribution in [0.15, 0.2) is 24.3 Å². The third kappa shape index (κ3) is 5.34. The average Bonchev–Trinajstić information content (AvgIpc) is 2.28. The average molecular weight is 249 g/mol. The van der Waals surface area contributed by atoms with E-state index in [0.717, 1.165) is 12.8 Å². The van der Waals surface area contributed by atoms with Gasteiger partial charge in [-0.3, -0.25) is 4.79 Å². The van der Waals surface area contributed by atoms with Crippen LogP contribution < -0.4 is 16.0 Å². The molecule has 5 heteroatoms. The molecule has 0 unspecified atom stereocenters. The van der Waals surface area contributed by atoms with Crippen molar-refractivity contribution in [2.45, 2.75) is 26.7 Å². The van der Waals surface area contributed by atoms with Gasteiger partial charge in [-0.25, -0.2) is 4.79 Å². The monoisotopic (exact) mass is 249 g/mol. The molecular weight excluding hydrogens is 230 g/mol. The molecule has 1 rings (SSSR count). The maximum atomic E-state index is 11.5. The Hall–Kier alpha value is -2.04. The highest BCUT2D eigenvalue weighted by atomic mass is 16.2. The van der Waals surface area contributed by atoms with Crippen molar-refractivity contribution in [2.24, 2.45) is 0 Å². The number of carbonyl (C=O) groups is 2. The van der Waals surface area contributed by atoms with Crippen LogP contribution in [0.5, 0.6) is 0 Å². The van der Waals surface area contributed by atoms with E-state index >= 15 is 0 Å². The van der Waals surface area contributed by atoms with Crippen LogP contribution in [-0.2, 0) is 4.79 Å². The van der Waals surface area contributed by atoms with E-state index in [0.29, 0.717) is 17.9 Å². The van der Waals surface area contributed by atoms with Crippen LogP contribution in [-0.4, -0.2) is 18.5 Å². The van der Waals surface area contributed by atoms with Gasteiger partial charge in [-0.2, -0.15) is 0 Å². The first kappa shape index (κ1) is 14.0. The Morgan fingerprint density at radius 1 is 1.17 bits per heavy atom. The van der Waals surface area contributed by atoms with Crippen LogP contribution >= 0.6 is 0 Å². The van der Waals surface area contributed by atoms with Gasteiger partial charge in [0.15, 0.2) is 0 Å². The largest absolute Gasteiger partial charge is 0.338 e. The number of anilines is 2. The molecule has 98 valence electrons. The second kappa shape index (κ2) is 7.32. The van der Waals surface area contributed by atoms with Crippen molar-refractivity contribution in [3.8, 4) is 0 Å². The van der Waals surface area contributed by atoms with Gasteiger partial charge in [-0.1, -0.05) is 19.4 Å². The van der Waals surface area contributed by atoms with E-state index in [1.165, 1.54) is 6.92 Å². The molecule has 3 N–H and O–H groups in total. The Labute approximate surface area is 107 Å². The normalized spacial score (nSPS) is 9.67. The summed E-state index contributed by atoms with van der Waals surface area (Å²) in [6.45, 7) is 4.17. The summed E-state index contributed by atoms with van der Waals surface area (Å²) >= 11 is 0. The fourth-order valence-corrected chi connectivity index (χ4v) is 1.43. The van der Waals surface area contributed by atoms with E-state index < -0.39 is 0 Å². The first-order valence-electron chi connectivity index (χ1n) is 6.04. The van der Waals surface area contributed by atoms with Crippen molar-refractivity contribution >= 4 is 23.3 Å². The minimum Gasteiger partial charge on any atom is -0.338 e. The molecule has 0 saturated carbocycles. The van der Waals surface area contributed by atoms with Crippen LogP contribution in [0.4, 0.5) is 16.2 Å². The number of urea groups is 1. The third-order valence-corrected chi connectivity index (χ3v) is 2.26. The molecule has 0 radical (unpaired) electrons. The summed E-state index contributed by atoms with van der Waals surface area (Å²) in [6.07, 6.45) is 2.00. The highest BCUT2D eigenvalue weighted by Crippen LogP contribution is 2.14. The van der Waals surface area contributed by atoms with Crippen molar-refractivity contribution in [3.05, 3.63) is 24.3 Å².